The van der Waals surface area contributed by atoms with Crippen molar-refractivity contribution in [3.63, 3.8) is 0 Å². The highest BCUT2D eigenvalue weighted by molar-refractivity contribution is 7.92. The van der Waals surface area contributed by atoms with Gasteiger partial charge in [0.25, 0.3) is 0 Å². The lowest BCUT2D eigenvalue weighted by Crippen LogP contribution is -2.39. The summed E-state index contributed by atoms with van der Waals surface area (Å²) in [5.41, 5.74) is 2.67. The molecule has 134 valence electrons. The minimum absolute atomic E-state index is 0.0259. The molecule has 1 aliphatic rings. The molecule has 0 saturated carbocycles. The molecule has 1 amide bonds. The molecule has 7 nitrogen and oxygen atoms in total. The van der Waals surface area contributed by atoms with Crippen LogP contribution in [-0.4, -0.2) is 54.4 Å². The molecular formula is C17H21N3O4S. The van der Waals surface area contributed by atoms with E-state index in [9.17, 15) is 13.2 Å². The second-order valence-corrected chi connectivity index (χ2v) is 8.34. The third-order valence-electron chi connectivity index (χ3n) is 4.31. The highest BCUT2D eigenvalue weighted by Gasteiger charge is 2.26. The molecule has 0 atom stereocenters. The van der Waals surface area contributed by atoms with Crippen molar-refractivity contribution in [2.45, 2.75) is 19.9 Å². The number of methoxy groups -OCH3 is 1. The molecule has 0 aliphatic carbocycles. The number of nitrogens with zero attached hydrogens (tertiary/aromatic N) is 2. The third kappa shape index (κ3) is 3.84. The smallest absolute Gasteiger partial charge is 0.238 e. The molecule has 0 bridgehead atoms. The first-order valence-electron chi connectivity index (χ1n) is 8.12. The number of amides is 1. The van der Waals surface area contributed by atoms with E-state index in [2.05, 4.69) is 9.97 Å². The summed E-state index contributed by atoms with van der Waals surface area (Å²) in [4.78, 5) is 21.7. The lowest BCUT2D eigenvalue weighted by Gasteiger charge is -2.26. The Labute approximate surface area is 146 Å². The van der Waals surface area contributed by atoms with E-state index in [1.54, 1.807) is 18.9 Å². The van der Waals surface area contributed by atoms with Crippen LogP contribution in [0.5, 0.6) is 5.75 Å². The van der Waals surface area contributed by atoms with Gasteiger partial charge in [0, 0.05) is 24.3 Å². The number of rotatable bonds is 5. The number of benzene rings is 1. The number of carbonyl (C=O) groups excluding carboxylic acids is 1. The normalized spacial score (nSPS) is 14.2. The standard InChI is InChI=1S/C17H21N3O4S/c1-3-25(22,23)11-16(21)20-8-7-14-15(10-20)19-17(18-14)12-5-4-6-13(9-12)24-2/h4-6,9H,3,7-8,10-11H2,1-2H3,(H,18,19). The van der Waals surface area contributed by atoms with Gasteiger partial charge < -0.3 is 14.6 Å². The predicted octanol–water partition coefficient (Wildman–Crippen LogP) is 1.40. The van der Waals surface area contributed by atoms with Gasteiger partial charge in [-0.15, -0.1) is 0 Å². The fourth-order valence-corrected chi connectivity index (χ4v) is 3.56. The number of sulfone groups is 1. The Morgan fingerprint density at radius 3 is 2.92 bits per heavy atom. The van der Waals surface area contributed by atoms with Gasteiger partial charge in [-0.1, -0.05) is 19.1 Å². The summed E-state index contributed by atoms with van der Waals surface area (Å²) in [7, 11) is -1.71. The van der Waals surface area contributed by atoms with E-state index in [1.807, 2.05) is 24.3 Å². The number of hydrogen-bond acceptors (Lipinski definition) is 5. The molecule has 1 aromatic heterocycles. The number of fused-ring (bicyclic) bond motifs is 1. The zero-order valence-corrected chi connectivity index (χ0v) is 15.1. The van der Waals surface area contributed by atoms with E-state index < -0.39 is 15.6 Å². The van der Waals surface area contributed by atoms with E-state index in [1.165, 1.54) is 0 Å². The van der Waals surface area contributed by atoms with Gasteiger partial charge in [0.05, 0.1) is 25.0 Å². The van der Waals surface area contributed by atoms with Crippen molar-refractivity contribution in [3.05, 3.63) is 35.7 Å². The van der Waals surface area contributed by atoms with Crippen LogP contribution in [0, 0.1) is 0 Å². The SMILES string of the molecule is CCS(=O)(=O)CC(=O)N1CCc2nc(-c3cccc(OC)c3)[nH]c2C1. The average Bonchev–Trinajstić information content (AvgIpc) is 3.04. The molecular weight excluding hydrogens is 342 g/mol. The maximum atomic E-state index is 12.2. The first-order chi connectivity index (χ1) is 11.9. The summed E-state index contributed by atoms with van der Waals surface area (Å²) >= 11 is 0. The first kappa shape index (κ1) is 17.5. The van der Waals surface area contributed by atoms with Crippen molar-refractivity contribution in [1.29, 1.82) is 0 Å². The lowest BCUT2D eigenvalue weighted by atomic mass is 10.1. The maximum absolute atomic E-state index is 12.2. The summed E-state index contributed by atoms with van der Waals surface area (Å²) < 4.78 is 28.6. The molecule has 1 aromatic carbocycles. The van der Waals surface area contributed by atoms with E-state index >= 15 is 0 Å². The molecule has 0 fully saturated rings. The van der Waals surface area contributed by atoms with E-state index in [4.69, 9.17) is 4.74 Å². The van der Waals surface area contributed by atoms with Crippen LogP contribution < -0.4 is 4.74 Å². The third-order valence-corrected chi connectivity index (χ3v) is 5.88. The maximum Gasteiger partial charge on any atom is 0.238 e. The molecule has 25 heavy (non-hydrogen) atoms. The highest BCUT2D eigenvalue weighted by atomic mass is 32.2. The largest absolute Gasteiger partial charge is 0.497 e. The molecule has 3 rings (SSSR count). The lowest BCUT2D eigenvalue weighted by molar-refractivity contribution is -0.129. The fraction of sp³-hybridized carbons (Fsp3) is 0.412. The molecule has 1 aliphatic heterocycles. The molecule has 8 heteroatoms. The van der Waals surface area contributed by atoms with E-state index in [0.29, 0.717) is 19.5 Å². The Bertz CT molecular complexity index is 889. The number of nitrogens with one attached hydrogen (secondary N) is 1. The van der Waals surface area contributed by atoms with Crippen LogP contribution in [0.4, 0.5) is 0 Å². The van der Waals surface area contributed by atoms with Gasteiger partial charge in [0.2, 0.25) is 5.91 Å². The summed E-state index contributed by atoms with van der Waals surface area (Å²) in [6.45, 7) is 2.38. The zero-order chi connectivity index (χ0) is 18.0. The van der Waals surface area contributed by atoms with Crippen molar-refractivity contribution in [1.82, 2.24) is 14.9 Å². The van der Waals surface area contributed by atoms with Gasteiger partial charge in [0.1, 0.15) is 17.3 Å². The van der Waals surface area contributed by atoms with Crippen LogP contribution in [0.2, 0.25) is 0 Å². The van der Waals surface area contributed by atoms with Crippen molar-refractivity contribution in [3.8, 4) is 17.1 Å². The number of hydrogen-bond donors (Lipinski definition) is 1. The number of H-pyrrole nitrogens is 1. The second kappa shape index (κ2) is 6.87. The van der Waals surface area contributed by atoms with Crippen molar-refractivity contribution in [2.75, 3.05) is 25.2 Å². The summed E-state index contributed by atoms with van der Waals surface area (Å²) in [6, 6.07) is 7.58. The van der Waals surface area contributed by atoms with Crippen LogP contribution >= 0.6 is 0 Å². The van der Waals surface area contributed by atoms with Gasteiger partial charge in [-0.2, -0.15) is 0 Å². The van der Waals surface area contributed by atoms with Gasteiger partial charge in [-0.25, -0.2) is 13.4 Å². The van der Waals surface area contributed by atoms with Gasteiger partial charge in [0.15, 0.2) is 9.84 Å². The zero-order valence-electron chi connectivity index (χ0n) is 14.3. The molecule has 0 radical (unpaired) electrons. The van der Waals surface area contributed by atoms with Crippen molar-refractivity contribution in [2.24, 2.45) is 0 Å². The molecule has 0 spiro atoms. The number of ether oxygens (including phenoxy) is 1. The first-order valence-corrected chi connectivity index (χ1v) is 9.94. The Morgan fingerprint density at radius 1 is 1.40 bits per heavy atom. The van der Waals surface area contributed by atoms with Gasteiger partial charge in [-0.3, -0.25) is 4.79 Å². The Balaban J connectivity index is 1.78. The molecule has 0 unspecified atom stereocenters. The molecule has 1 N–H and O–H groups in total. The number of aromatic nitrogens is 2. The summed E-state index contributed by atoms with van der Waals surface area (Å²) in [6.07, 6.45) is 0.605. The predicted molar refractivity (Wildman–Crippen MR) is 94.0 cm³/mol. The quantitative estimate of drug-likeness (QED) is 0.867. The molecule has 2 aromatic rings. The Kier molecular flexibility index (Phi) is 4.80. The average molecular weight is 363 g/mol. The van der Waals surface area contributed by atoms with Crippen LogP contribution in [0.25, 0.3) is 11.4 Å². The van der Waals surface area contributed by atoms with Crippen molar-refractivity contribution < 1.29 is 17.9 Å². The van der Waals surface area contributed by atoms with Crippen LogP contribution in [0.15, 0.2) is 24.3 Å². The van der Waals surface area contributed by atoms with E-state index in [-0.39, 0.29) is 11.7 Å². The minimum Gasteiger partial charge on any atom is -0.497 e. The monoisotopic (exact) mass is 363 g/mol. The van der Waals surface area contributed by atoms with E-state index in [0.717, 1.165) is 28.5 Å². The van der Waals surface area contributed by atoms with Gasteiger partial charge >= 0.3 is 0 Å². The van der Waals surface area contributed by atoms with Crippen LogP contribution in [-0.2, 0) is 27.6 Å². The minimum atomic E-state index is -3.32. The van der Waals surface area contributed by atoms with Crippen LogP contribution in [0.1, 0.15) is 18.3 Å². The van der Waals surface area contributed by atoms with Crippen molar-refractivity contribution >= 4 is 15.7 Å². The summed E-state index contributed by atoms with van der Waals surface area (Å²) in [5, 5.41) is 0. The van der Waals surface area contributed by atoms with Gasteiger partial charge in [-0.05, 0) is 12.1 Å². The number of aromatic amines is 1. The van der Waals surface area contributed by atoms with Crippen LogP contribution in [0.3, 0.4) is 0 Å². The molecule has 2 heterocycles. The highest BCUT2D eigenvalue weighted by Crippen LogP contribution is 2.25. The second-order valence-electron chi connectivity index (χ2n) is 5.98. The summed E-state index contributed by atoms with van der Waals surface area (Å²) in [5.74, 6) is 0.648. The fourth-order valence-electron chi connectivity index (χ4n) is 2.80. The molecule has 0 saturated heterocycles. The number of carbonyl (C=O) groups is 1. The Morgan fingerprint density at radius 2 is 2.20 bits per heavy atom. The Hall–Kier alpha value is -2.35. The topological polar surface area (TPSA) is 92.4 Å². The number of imidazole rings is 1.